The lowest BCUT2D eigenvalue weighted by Gasteiger charge is -1.93. The Kier molecular flexibility index (Phi) is 9.26. The molecule has 0 aliphatic heterocycles. The number of benzene rings is 1. The molecule has 0 amide bonds. The maximum absolute atomic E-state index is 2.25. The Morgan fingerprint density at radius 2 is 1.13 bits per heavy atom. The minimum Gasteiger partial charge on any atom is -0.0654 e. The van der Waals surface area contributed by atoms with Crippen LogP contribution >= 0.6 is 0 Å². The number of rotatable bonds is 4. The highest BCUT2D eigenvalue weighted by atomic mass is 13.9. The highest BCUT2D eigenvalue weighted by Gasteiger charge is 1.83. The quantitative estimate of drug-likeness (QED) is 0.588. The van der Waals surface area contributed by atoms with Crippen LogP contribution in [0.15, 0.2) is 24.3 Å². The van der Waals surface area contributed by atoms with Crippen LogP contribution in [0.25, 0.3) is 0 Å². The molecule has 0 saturated carbocycles. The highest BCUT2D eigenvalue weighted by Crippen LogP contribution is 2.02. The van der Waals surface area contributed by atoms with E-state index >= 15 is 0 Å². The van der Waals surface area contributed by atoms with E-state index in [1.165, 1.54) is 43.2 Å². The van der Waals surface area contributed by atoms with Crippen LogP contribution < -0.4 is 0 Å². The third-order valence-electron chi connectivity index (χ3n) is 2.63. The van der Waals surface area contributed by atoms with E-state index in [0.29, 0.717) is 0 Å². The van der Waals surface area contributed by atoms with Crippen LogP contribution in [-0.4, -0.2) is 0 Å². The Balaban J connectivity index is 0.000000265. The lowest BCUT2D eigenvalue weighted by Crippen LogP contribution is -1.74. The summed E-state index contributed by atoms with van der Waals surface area (Å²) < 4.78 is 0. The minimum atomic E-state index is 1.36. The highest BCUT2D eigenvalue weighted by molar-refractivity contribution is 5.23. The van der Waals surface area contributed by atoms with Crippen molar-refractivity contribution in [1.82, 2.24) is 0 Å². The van der Waals surface area contributed by atoms with Crippen molar-refractivity contribution in [2.75, 3.05) is 0 Å². The first-order valence-electron chi connectivity index (χ1n) is 6.24. The van der Waals surface area contributed by atoms with Gasteiger partial charge in [-0.05, 0) is 25.0 Å². The molecule has 0 heteroatoms. The lowest BCUT2D eigenvalue weighted by atomic mass is 10.1. The second-order valence-electron chi connectivity index (χ2n) is 4.14. The molecule has 0 spiro atoms. The molecule has 86 valence electrons. The van der Waals surface area contributed by atoms with Crippen molar-refractivity contribution in [2.24, 2.45) is 0 Å². The summed E-state index contributed by atoms with van der Waals surface area (Å²) in [6, 6.07) is 8.36. The third kappa shape index (κ3) is 8.23. The molecule has 0 N–H and O–H groups in total. The van der Waals surface area contributed by atoms with Crippen LogP contribution in [-0.2, 0) is 0 Å². The van der Waals surface area contributed by atoms with Gasteiger partial charge in [0.05, 0.1) is 0 Å². The van der Waals surface area contributed by atoms with Crippen LogP contribution in [0.5, 0.6) is 0 Å². The van der Waals surface area contributed by atoms with Gasteiger partial charge in [-0.2, -0.15) is 0 Å². The van der Waals surface area contributed by atoms with Gasteiger partial charge in [0.1, 0.15) is 0 Å². The molecule has 0 nitrogen and oxygen atoms in total. The molecule has 0 bridgehead atoms. The lowest BCUT2D eigenvalue weighted by molar-refractivity contribution is 0.656. The molecule has 0 aromatic heterocycles. The zero-order valence-corrected chi connectivity index (χ0v) is 10.8. The number of hydrogen-bond donors (Lipinski definition) is 0. The van der Waals surface area contributed by atoms with Gasteiger partial charge in [0.2, 0.25) is 0 Å². The van der Waals surface area contributed by atoms with E-state index in [1.807, 2.05) is 0 Å². The Morgan fingerprint density at radius 3 is 1.40 bits per heavy atom. The normalized spacial score (nSPS) is 9.33. The molecule has 0 heterocycles. The molecule has 0 radical (unpaired) electrons. The van der Waals surface area contributed by atoms with Crippen LogP contribution in [0.2, 0.25) is 0 Å². The maximum Gasteiger partial charge on any atom is -0.0395 e. The molecule has 1 aromatic rings. The molecule has 1 aromatic carbocycles. The van der Waals surface area contributed by atoms with Crippen molar-refractivity contribution in [2.45, 2.75) is 59.8 Å². The van der Waals surface area contributed by atoms with E-state index in [2.05, 4.69) is 52.0 Å². The average Bonchev–Trinajstić information content (AvgIpc) is 2.24. The fourth-order valence-electron chi connectivity index (χ4n) is 1.34. The fraction of sp³-hybridized carbons (Fsp3) is 0.600. The number of hydrogen-bond acceptors (Lipinski definition) is 0. The molecule has 15 heavy (non-hydrogen) atoms. The summed E-state index contributed by atoms with van der Waals surface area (Å²) in [6.45, 7) is 8.73. The molecule has 0 unspecified atom stereocenters. The summed E-state index contributed by atoms with van der Waals surface area (Å²) in [6.07, 6.45) is 7.01. The van der Waals surface area contributed by atoms with Crippen molar-refractivity contribution in [3.63, 3.8) is 0 Å². The summed E-state index contributed by atoms with van der Waals surface area (Å²) in [5.74, 6) is 0. The van der Waals surface area contributed by atoms with E-state index < -0.39 is 0 Å². The first kappa shape index (κ1) is 14.2. The van der Waals surface area contributed by atoms with Gasteiger partial charge in [-0.25, -0.2) is 0 Å². The van der Waals surface area contributed by atoms with Crippen LogP contribution in [0.1, 0.15) is 57.1 Å². The standard InChI is InChI=1S/C8H10.C7H16/c1-7-5-3-4-6-8(7)2;1-3-5-7-6-4-2/h3-6H,1-2H3;3-7H2,1-2H3. The zero-order valence-electron chi connectivity index (χ0n) is 10.8. The Hall–Kier alpha value is -0.780. The second kappa shape index (κ2) is 9.76. The van der Waals surface area contributed by atoms with Crippen molar-refractivity contribution in [1.29, 1.82) is 0 Å². The van der Waals surface area contributed by atoms with Crippen molar-refractivity contribution in [3.8, 4) is 0 Å². The summed E-state index contributed by atoms with van der Waals surface area (Å²) in [5, 5.41) is 0. The third-order valence-corrected chi connectivity index (χ3v) is 2.63. The molecule has 0 saturated heterocycles. The van der Waals surface area contributed by atoms with Gasteiger partial charge in [0.25, 0.3) is 0 Å². The van der Waals surface area contributed by atoms with Crippen molar-refractivity contribution in [3.05, 3.63) is 35.4 Å². The molecule has 0 aliphatic carbocycles. The van der Waals surface area contributed by atoms with Crippen LogP contribution in [0.3, 0.4) is 0 Å². The van der Waals surface area contributed by atoms with Gasteiger partial charge in [0.15, 0.2) is 0 Å². The van der Waals surface area contributed by atoms with Gasteiger partial charge in [-0.1, -0.05) is 70.2 Å². The second-order valence-corrected chi connectivity index (χ2v) is 4.14. The first-order valence-corrected chi connectivity index (χ1v) is 6.24. The molecule has 0 fully saturated rings. The molecular weight excluding hydrogens is 180 g/mol. The van der Waals surface area contributed by atoms with E-state index in [1.54, 1.807) is 0 Å². The maximum atomic E-state index is 2.25. The minimum absolute atomic E-state index is 1.36. The van der Waals surface area contributed by atoms with Gasteiger partial charge < -0.3 is 0 Å². The molecule has 1 rings (SSSR count). The first-order chi connectivity index (χ1) is 7.22. The summed E-state index contributed by atoms with van der Waals surface area (Å²) >= 11 is 0. The average molecular weight is 206 g/mol. The fourth-order valence-corrected chi connectivity index (χ4v) is 1.34. The van der Waals surface area contributed by atoms with Gasteiger partial charge >= 0.3 is 0 Å². The summed E-state index contributed by atoms with van der Waals surface area (Å²) in [5.41, 5.74) is 2.74. The van der Waals surface area contributed by atoms with Crippen molar-refractivity contribution < 1.29 is 0 Å². The SMILES string of the molecule is CCCCCCC.Cc1ccccc1C. The Labute approximate surface area is 95.7 Å². The Bertz CT molecular complexity index is 213. The predicted molar refractivity (Wildman–Crippen MR) is 70.3 cm³/mol. The molecular formula is C15H26. The molecule has 0 aliphatic rings. The van der Waals surface area contributed by atoms with Crippen LogP contribution in [0, 0.1) is 13.8 Å². The number of aryl methyl sites for hydroxylation is 2. The predicted octanol–water partition coefficient (Wildman–Crippen LogP) is 5.28. The number of unbranched alkanes of at least 4 members (excludes halogenated alkanes) is 4. The van der Waals surface area contributed by atoms with Crippen molar-refractivity contribution >= 4 is 0 Å². The smallest absolute Gasteiger partial charge is 0.0395 e. The largest absolute Gasteiger partial charge is 0.0654 e. The van der Waals surface area contributed by atoms with Gasteiger partial charge in [0, 0.05) is 0 Å². The Morgan fingerprint density at radius 1 is 0.733 bits per heavy atom. The summed E-state index contributed by atoms with van der Waals surface area (Å²) in [4.78, 5) is 0. The topological polar surface area (TPSA) is 0 Å². The van der Waals surface area contributed by atoms with Gasteiger partial charge in [-0.15, -0.1) is 0 Å². The van der Waals surface area contributed by atoms with E-state index in [0.717, 1.165) is 0 Å². The van der Waals surface area contributed by atoms with Crippen LogP contribution in [0.4, 0.5) is 0 Å². The van der Waals surface area contributed by atoms with E-state index in [-0.39, 0.29) is 0 Å². The summed E-state index contributed by atoms with van der Waals surface area (Å²) in [7, 11) is 0. The van der Waals surface area contributed by atoms with E-state index in [4.69, 9.17) is 0 Å². The van der Waals surface area contributed by atoms with Gasteiger partial charge in [-0.3, -0.25) is 0 Å². The molecule has 0 atom stereocenters. The zero-order chi connectivity index (χ0) is 11.5. The van der Waals surface area contributed by atoms with E-state index in [9.17, 15) is 0 Å². The monoisotopic (exact) mass is 206 g/mol.